The lowest BCUT2D eigenvalue weighted by Gasteiger charge is -2.27. The molecule has 2 saturated carbocycles. The Morgan fingerprint density at radius 1 is 0.905 bits per heavy atom. The van der Waals surface area contributed by atoms with Crippen LogP contribution in [0.25, 0.3) is 5.57 Å². The van der Waals surface area contributed by atoms with Crippen molar-refractivity contribution < 1.29 is 23.9 Å². The van der Waals surface area contributed by atoms with Crippen LogP contribution in [0.15, 0.2) is 60.3 Å². The Bertz CT molecular complexity index is 1310. The van der Waals surface area contributed by atoms with Crippen molar-refractivity contribution in [2.45, 2.75) is 78.6 Å². The molecule has 1 atom stereocenters. The normalized spacial score (nSPS) is 16.1. The maximum Gasteiger partial charge on any atom is 0.411 e. The first-order valence-corrected chi connectivity index (χ1v) is 14.6. The molecule has 0 bridgehead atoms. The first kappa shape index (κ1) is 30.8. The highest BCUT2D eigenvalue weighted by Gasteiger charge is 2.48. The van der Waals surface area contributed by atoms with Crippen LogP contribution in [0.3, 0.4) is 0 Å². The summed E-state index contributed by atoms with van der Waals surface area (Å²) in [5, 5.41) is 16.9. The van der Waals surface area contributed by atoms with Crippen LogP contribution in [0.1, 0.15) is 71.4 Å². The van der Waals surface area contributed by atoms with Gasteiger partial charge in [-0.1, -0.05) is 42.5 Å². The predicted octanol–water partition coefficient (Wildman–Crippen LogP) is 6.65. The Labute approximate surface area is 247 Å². The Hall–Kier alpha value is -4.14. The molecule has 2 aromatic rings. The van der Waals surface area contributed by atoms with Crippen molar-refractivity contribution in [3.63, 3.8) is 0 Å². The lowest BCUT2D eigenvalue weighted by molar-refractivity contribution is -0.119. The van der Waals surface area contributed by atoms with Gasteiger partial charge in [0.15, 0.2) is 0 Å². The standard InChI is InChI=1S/C33H42N4O5/c1-20(34)27(21(2)35-32(40)42-33(3,4)5)23-15-17-26(18-16-23)36-30(38)29(28(24-11-12-24)25-13-14-25)37-31(39)41-19-22-9-7-6-8-10-22/h6-10,15-18,24-25,28-29,34H,11-14,19H2,1-5H3,(H,35,40)(H,36,38)(H,37,39)/b27-21+,34-20?/t29-/m0/s1. The zero-order chi connectivity index (χ0) is 30.4. The average Bonchev–Trinajstić information content (AvgIpc) is 3.83. The molecule has 2 aromatic carbocycles. The van der Waals surface area contributed by atoms with Gasteiger partial charge in [0.25, 0.3) is 0 Å². The Morgan fingerprint density at radius 2 is 1.50 bits per heavy atom. The van der Waals surface area contributed by atoms with Crippen LogP contribution in [-0.2, 0) is 20.9 Å². The lowest BCUT2D eigenvalue weighted by atomic mass is 9.88. The van der Waals surface area contributed by atoms with E-state index in [4.69, 9.17) is 14.9 Å². The first-order chi connectivity index (χ1) is 19.9. The third-order valence-electron chi connectivity index (χ3n) is 7.37. The molecule has 9 nitrogen and oxygen atoms in total. The molecule has 0 spiro atoms. The minimum absolute atomic E-state index is 0.0743. The van der Waals surface area contributed by atoms with Crippen molar-refractivity contribution in [2.75, 3.05) is 5.32 Å². The van der Waals surface area contributed by atoms with Gasteiger partial charge >= 0.3 is 12.2 Å². The van der Waals surface area contributed by atoms with Crippen molar-refractivity contribution in [3.8, 4) is 0 Å². The van der Waals surface area contributed by atoms with Gasteiger partial charge in [-0.15, -0.1) is 0 Å². The number of nitrogens with one attached hydrogen (secondary N) is 4. The molecule has 0 aromatic heterocycles. The predicted molar refractivity (Wildman–Crippen MR) is 163 cm³/mol. The van der Waals surface area contributed by atoms with E-state index in [0.717, 1.165) is 31.2 Å². The summed E-state index contributed by atoms with van der Waals surface area (Å²) in [6.45, 7) is 8.85. The molecule has 4 N–H and O–H groups in total. The topological polar surface area (TPSA) is 130 Å². The van der Waals surface area contributed by atoms with Gasteiger partial charge in [0.05, 0.1) is 0 Å². The third kappa shape index (κ3) is 8.93. The molecule has 0 aliphatic heterocycles. The van der Waals surface area contributed by atoms with Crippen LogP contribution >= 0.6 is 0 Å². The smallest absolute Gasteiger partial charge is 0.411 e. The van der Waals surface area contributed by atoms with Gasteiger partial charge < -0.3 is 25.5 Å². The second-order valence-corrected chi connectivity index (χ2v) is 12.3. The summed E-state index contributed by atoms with van der Waals surface area (Å²) in [6.07, 6.45) is 3.06. The largest absolute Gasteiger partial charge is 0.445 e. The molecule has 2 aliphatic rings. The molecule has 0 heterocycles. The minimum atomic E-state index is -0.701. The molecule has 42 heavy (non-hydrogen) atoms. The highest BCUT2D eigenvalue weighted by atomic mass is 16.6. The van der Waals surface area contributed by atoms with Crippen LogP contribution in [0.5, 0.6) is 0 Å². The fourth-order valence-corrected chi connectivity index (χ4v) is 5.29. The number of rotatable bonds is 11. The summed E-state index contributed by atoms with van der Waals surface area (Å²) in [6, 6.07) is 15.8. The molecule has 9 heteroatoms. The van der Waals surface area contributed by atoms with E-state index in [0.29, 0.717) is 34.4 Å². The summed E-state index contributed by atoms with van der Waals surface area (Å²) in [5.41, 5.74) is 2.83. The fraction of sp³-hybridized carbons (Fsp3) is 0.455. The first-order valence-electron chi connectivity index (χ1n) is 14.6. The minimum Gasteiger partial charge on any atom is -0.445 e. The second kappa shape index (κ2) is 13.2. The molecule has 224 valence electrons. The van der Waals surface area contributed by atoms with Gasteiger partial charge in [-0.3, -0.25) is 10.1 Å². The summed E-state index contributed by atoms with van der Waals surface area (Å²) in [5.74, 6) is 0.651. The van der Waals surface area contributed by atoms with Gasteiger partial charge in [-0.25, -0.2) is 9.59 Å². The number of amides is 3. The van der Waals surface area contributed by atoms with Crippen molar-refractivity contribution in [3.05, 3.63) is 71.4 Å². The van der Waals surface area contributed by atoms with Gasteiger partial charge in [-0.2, -0.15) is 0 Å². The van der Waals surface area contributed by atoms with Crippen molar-refractivity contribution in [1.82, 2.24) is 10.6 Å². The maximum absolute atomic E-state index is 13.6. The average molecular weight is 575 g/mol. The van der Waals surface area contributed by atoms with Crippen LogP contribution in [0.2, 0.25) is 0 Å². The highest BCUT2D eigenvalue weighted by molar-refractivity contribution is 6.22. The number of benzene rings is 2. The number of ether oxygens (including phenoxy) is 2. The SMILES string of the molecule is CC(=N)/C(=C(/C)NC(=O)OC(C)(C)C)c1ccc(NC(=O)[C@@H](NC(=O)OCc2ccccc2)C(C2CC2)C2CC2)cc1. The molecule has 0 radical (unpaired) electrons. The molecule has 0 saturated heterocycles. The number of allylic oxidation sites excluding steroid dienone is 2. The van der Waals surface area contributed by atoms with E-state index in [2.05, 4.69) is 16.0 Å². The van der Waals surface area contributed by atoms with Gasteiger partial charge in [0, 0.05) is 22.7 Å². The molecular formula is C33H42N4O5. The number of alkyl carbamates (subject to hydrolysis) is 2. The van der Waals surface area contributed by atoms with E-state index in [-0.39, 0.29) is 24.1 Å². The number of carbonyl (C=O) groups is 3. The zero-order valence-electron chi connectivity index (χ0n) is 25.1. The molecule has 2 aliphatic carbocycles. The monoisotopic (exact) mass is 574 g/mol. The van der Waals surface area contributed by atoms with Crippen molar-refractivity contribution >= 4 is 35.1 Å². The fourth-order valence-electron chi connectivity index (χ4n) is 5.29. The summed E-state index contributed by atoms with van der Waals surface area (Å²) in [7, 11) is 0. The highest BCUT2D eigenvalue weighted by Crippen LogP contribution is 2.50. The molecule has 2 fully saturated rings. The second-order valence-electron chi connectivity index (χ2n) is 12.3. The van der Waals surface area contributed by atoms with E-state index in [1.54, 1.807) is 58.9 Å². The van der Waals surface area contributed by atoms with Crippen LogP contribution in [0.4, 0.5) is 15.3 Å². The van der Waals surface area contributed by atoms with Crippen LogP contribution < -0.4 is 16.0 Å². The van der Waals surface area contributed by atoms with Crippen molar-refractivity contribution in [2.24, 2.45) is 17.8 Å². The van der Waals surface area contributed by atoms with E-state index in [9.17, 15) is 14.4 Å². The Morgan fingerprint density at radius 3 is 2.02 bits per heavy atom. The van der Waals surface area contributed by atoms with E-state index in [1.807, 2.05) is 30.3 Å². The van der Waals surface area contributed by atoms with Crippen LogP contribution in [0, 0.1) is 23.2 Å². The quantitative estimate of drug-likeness (QED) is 0.223. The number of anilines is 1. The van der Waals surface area contributed by atoms with Gasteiger partial charge in [-0.05, 0) is 101 Å². The summed E-state index contributed by atoms with van der Waals surface area (Å²) >= 11 is 0. The van der Waals surface area contributed by atoms with E-state index in [1.165, 1.54) is 0 Å². The molecule has 3 amide bonds. The number of carbonyl (C=O) groups excluding carboxylic acids is 3. The lowest BCUT2D eigenvalue weighted by Crippen LogP contribution is -2.50. The number of hydrogen-bond acceptors (Lipinski definition) is 6. The van der Waals surface area contributed by atoms with Gasteiger partial charge in [0.2, 0.25) is 5.91 Å². The summed E-state index contributed by atoms with van der Waals surface area (Å²) in [4.78, 5) is 38.7. The van der Waals surface area contributed by atoms with Crippen LogP contribution in [-0.4, -0.2) is 35.4 Å². The Balaban J connectivity index is 1.46. The summed E-state index contributed by atoms with van der Waals surface area (Å²) < 4.78 is 10.8. The third-order valence-corrected chi connectivity index (χ3v) is 7.37. The van der Waals surface area contributed by atoms with E-state index >= 15 is 0 Å². The Kier molecular flexibility index (Phi) is 9.70. The maximum atomic E-state index is 13.6. The van der Waals surface area contributed by atoms with E-state index < -0.39 is 23.8 Å². The molecule has 4 rings (SSSR count). The molecule has 0 unspecified atom stereocenters. The molecular weight excluding hydrogens is 532 g/mol. The zero-order valence-corrected chi connectivity index (χ0v) is 25.1. The van der Waals surface area contributed by atoms with Crippen molar-refractivity contribution in [1.29, 1.82) is 5.41 Å². The van der Waals surface area contributed by atoms with Gasteiger partial charge in [0.1, 0.15) is 18.2 Å². The number of hydrogen-bond donors (Lipinski definition) is 4.